The maximum absolute atomic E-state index is 15.6. The molecule has 5 atom stereocenters. The van der Waals surface area contributed by atoms with Crippen LogP contribution in [-0.2, 0) is 16.1 Å². The summed E-state index contributed by atoms with van der Waals surface area (Å²) in [4.78, 5) is 39.0. The minimum absolute atomic E-state index is 0.0678. The third-order valence-electron chi connectivity index (χ3n) is 7.12. The van der Waals surface area contributed by atoms with E-state index in [2.05, 4.69) is 10.4 Å². The zero-order valence-electron chi connectivity index (χ0n) is 20.2. The number of halogens is 1. The van der Waals surface area contributed by atoms with E-state index in [4.69, 9.17) is 0 Å². The molecule has 4 heterocycles. The molecule has 2 aliphatic rings. The number of piperidine rings is 1. The first-order valence-electron chi connectivity index (χ1n) is 12.1. The maximum atomic E-state index is 15.6. The number of alkyl halides is 1. The molecule has 0 aliphatic carbocycles. The number of aromatic nitrogens is 3. The molecule has 11 heteroatoms. The molecule has 0 radical (unpaired) electrons. The van der Waals surface area contributed by atoms with Crippen LogP contribution in [0.4, 0.5) is 4.39 Å². The number of nitrogens with zero attached hydrogens (tertiary/aromatic N) is 4. The first kappa shape index (κ1) is 24.8. The van der Waals surface area contributed by atoms with Gasteiger partial charge in [-0.2, -0.15) is 5.10 Å². The quantitative estimate of drug-likeness (QED) is 0.448. The Morgan fingerprint density at radius 1 is 1.11 bits per heavy atom. The molecule has 2 aromatic heterocycles. The number of hydrogen-bond donors (Lipinski definition) is 3. The fourth-order valence-corrected chi connectivity index (χ4v) is 5.25. The molecule has 2 aliphatic heterocycles. The average Bonchev–Trinajstić information content (AvgIpc) is 3.43. The van der Waals surface area contributed by atoms with Crippen molar-refractivity contribution in [2.24, 2.45) is 0 Å². The molecule has 0 spiro atoms. The average molecular weight is 510 g/mol. The molecular formula is C26H28FN5O5. The monoisotopic (exact) mass is 509 g/mol. The first-order valence-corrected chi connectivity index (χ1v) is 12.1. The summed E-state index contributed by atoms with van der Waals surface area (Å²) in [6.07, 6.45) is -0.487. The topological polar surface area (TPSA) is 130 Å². The Morgan fingerprint density at radius 2 is 1.86 bits per heavy atom. The summed E-state index contributed by atoms with van der Waals surface area (Å²) in [7, 11) is 0. The van der Waals surface area contributed by atoms with E-state index in [1.165, 1.54) is 10.6 Å². The van der Waals surface area contributed by atoms with Crippen molar-refractivity contribution in [1.82, 2.24) is 24.6 Å². The number of aliphatic hydroxyl groups excluding tert-OH is 2. The molecule has 1 aromatic carbocycles. The highest BCUT2D eigenvalue weighted by molar-refractivity contribution is 5.91. The van der Waals surface area contributed by atoms with Crippen molar-refractivity contribution in [2.75, 3.05) is 13.1 Å². The zero-order chi connectivity index (χ0) is 26.3. The number of benzene rings is 1. The summed E-state index contributed by atoms with van der Waals surface area (Å²) in [6.45, 7) is 1.24. The van der Waals surface area contributed by atoms with E-state index in [1.54, 1.807) is 54.3 Å². The lowest BCUT2D eigenvalue weighted by Gasteiger charge is -2.46. The highest BCUT2D eigenvalue weighted by Crippen LogP contribution is 2.40. The first-order chi connectivity index (χ1) is 17.6. The lowest BCUT2D eigenvalue weighted by atomic mass is 9.80. The van der Waals surface area contributed by atoms with Crippen molar-refractivity contribution in [3.63, 3.8) is 0 Å². The van der Waals surface area contributed by atoms with Crippen LogP contribution in [0.25, 0.3) is 5.69 Å². The summed E-state index contributed by atoms with van der Waals surface area (Å²) in [5.74, 6) is -2.29. The van der Waals surface area contributed by atoms with E-state index in [9.17, 15) is 24.6 Å². The molecular weight excluding hydrogens is 481 g/mol. The number of carbonyl (C=O) groups excluding carboxylic acids is 2. The van der Waals surface area contributed by atoms with Crippen LogP contribution in [0.1, 0.15) is 36.6 Å². The Balaban J connectivity index is 1.23. The van der Waals surface area contributed by atoms with Gasteiger partial charge in [0.05, 0.1) is 24.8 Å². The number of likely N-dealkylation sites (tertiary alicyclic amines) is 1. The van der Waals surface area contributed by atoms with Gasteiger partial charge in [0.1, 0.15) is 5.67 Å². The van der Waals surface area contributed by atoms with E-state index in [0.717, 1.165) is 16.2 Å². The highest BCUT2D eigenvalue weighted by atomic mass is 19.1. The van der Waals surface area contributed by atoms with Crippen molar-refractivity contribution in [3.8, 4) is 5.69 Å². The Labute approximate surface area is 211 Å². The molecule has 3 aromatic rings. The molecule has 194 valence electrons. The van der Waals surface area contributed by atoms with Crippen LogP contribution in [0, 0.1) is 0 Å². The standard InChI is InChI=1S/C26H28FN5O5/c1-16(17-6-8-19(9-7-17)32-11-3-10-28-32)29-24(36)22(34)23(35)25(37)30-13-18-12-26(27,14-30)15-31-20(18)4-2-5-21(31)33/h2-11,16,18,22-23,34-35H,12-15H2,1H3,(H,29,36)/t16-,18+,22-,23-,26+/m1/s1. The van der Waals surface area contributed by atoms with Gasteiger partial charge in [0.25, 0.3) is 17.4 Å². The predicted molar refractivity (Wildman–Crippen MR) is 131 cm³/mol. The smallest absolute Gasteiger partial charge is 0.254 e. The molecule has 1 fully saturated rings. The third kappa shape index (κ3) is 4.79. The molecule has 2 amide bonds. The van der Waals surface area contributed by atoms with E-state index >= 15 is 4.39 Å². The highest BCUT2D eigenvalue weighted by Gasteiger charge is 2.48. The van der Waals surface area contributed by atoms with Gasteiger partial charge in [-0.05, 0) is 43.2 Å². The molecule has 37 heavy (non-hydrogen) atoms. The summed E-state index contributed by atoms with van der Waals surface area (Å²) < 4.78 is 18.7. The molecule has 1 saturated heterocycles. The van der Waals surface area contributed by atoms with Gasteiger partial charge in [0.15, 0.2) is 12.2 Å². The number of amides is 2. The van der Waals surface area contributed by atoms with Crippen LogP contribution in [0.3, 0.4) is 0 Å². The van der Waals surface area contributed by atoms with E-state index in [-0.39, 0.29) is 31.6 Å². The summed E-state index contributed by atoms with van der Waals surface area (Å²) in [5.41, 5.74) is 0.0486. The minimum atomic E-state index is -2.06. The van der Waals surface area contributed by atoms with Crippen molar-refractivity contribution < 1.29 is 24.2 Å². The summed E-state index contributed by atoms with van der Waals surface area (Å²) in [6, 6.07) is 13.2. The zero-order valence-corrected chi connectivity index (χ0v) is 20.2. The fourth-order valence-electron chi connectivity index (χ4n) is 5.25. The lowest BCUT2D eigenvalue weighted by Crippen LogP contribution is -2.60. The predicted octanol–water partition coefficient (Wildman–Crippen LogP) is 0.671. The van der Waals surface area contributed by atoms with Crippen molar-refractivity contribution in [2.45, 2.75) is 49.7 Å². The SMILES string of the molecule is C[C@@H](NC(=O)[C@H](O)[C@@H](O)C(=O)N1C[C@@H]2C[C@](F)(C1)Cn1c2cccc1=O)c1ccc(-n2cccn2)cc1. The molecule has 0 unspecified atom stereocenters. The number of rotatable bonds is 6. The fraction of sp³-hybridized carbons (Fsp3) is 0.385. The Kier molecular flexibility index (Phi) is 6.42. The van der Waals surface area contributed by atoms with Crippen LogP contribution >= 0.6 is 0 Å². The van der Waals surface area contributed by atoms with Gasteiger partial charge in [0.2, 0.25) is 0 Å². The van der Waals surface area contributed by atoms with Crippen LogP contribution in [0.15, 0.2) is 65.7 Å². The number of fused-ring (bicyclic) bond motifs is 4. The van der Waals surface area contributed by atoms with Gasteiger partial charge in [-0.3, -0.25) is 14.4 Å². The normalized spacial score (nSPS) is 23.0. The molecule has 2 bridgehead atoms. The van der Waals surface area contributed by atoms with Gasteiger partial charge >= 0.3 is 0 Å². The Hall–Kier alpha value is -3.83. The summed E-state index contributed by atoms with van der Waals surface area (Å²) in [5, 5.41) is 27.7. The van der Waals surface area contributed by atoms with Crippen LogP contribution in [-0.4, -0.2) is 72.2 Å². The van der Waals surface area contributed by atoms with E-state index in [1.807, 2.05) is 12.1 Å². The van der Waals surface area contributed by atoms with Crippen LogP contribution in [0.2, 0.25) is 0 Å². The van der Waals surface area contributed by atoms with Gasteiger partial charge < -0.3 is 25.0 Å². The molecule has 10 nitrogen and oxygen atoms in total. The number of pyridine rings is 1. The van der Waals surface area contributed by atoms with Crippen LogP contribution in [0.5, 0.6) is 0 Å². The van der Waals surface area contributed by atoms with Crippen molar-refractivity contribution in [3.05, 3.63) is 82.5 Å². The third-order valence-corrected chi connectivity index (χ3v) is 7.12. The number of hydrogen-bond acceptors (Lipinski definition) is 6. The Bertz CT molecular complexity index is 1360. The second-order valence-corrected chi connectivity index (χ2v) is 9.81. The number of carbonyl (C=O) groups is 2. The van der Waals surface area contributed by atoms with Gasteiger partial charge in [-0.15, -0.1) is 0 Å². The van der Waals surface area contributed by atoms with Gasteiger partial charge in [0, 0.05) is 36.6 Å². The largest absolute Gasteiger partial charge is 0.380 e. The molecule has 0 saturated carbocycles. The maximum Gasteiger partial charge on any atom is 0.254 e. The van der Waals surface area contributed by atoms with Gasteiger partial charge in [-0.1, -0.05) is 18.2 Å². The molecule has 5 rings (SSSR count). The Morgan fingerprint density at radius 3 is 2.57 bits per heavy atom. The lowest BCUT2D eigenvalue weighted by molar-refractivity contribution is -0.157. The minimum Gasteiger partial charge on any atom is -0.380 e. The van der Waals surface area contributed by atoms with Gasteiger partial charge in [-0.25, -0.2) is 9.07 Å². The van der Waals surface area contributed by atoms with Crippen molar-refractivity contribution in [1.29, 1.82) is 0 Å². The number of nitrogens with one attached hydrogen (secondary N) is 1. The van der Waals surface area contributed by atoms with E-state index < -0.39 is 41.7 Å². The van der Waals surface area contributed by atoms with Crippen molar-refractivity contribution >= 4 is 11.8 Å². The summed E-state index contributed by atoms with van der Waals surface area (Å²) >= 11 is 0. The second kappa shape index (κ2) is 9.56. The second-order valence-electron chi connectivity index (χ2n) is 9.81. The number of aliphatic hydroxyl groups is 2. The van der Waals surface area contributed by atoms with E-state index in [0.29, 0.717) is 5.69 Å². The molecule has 3 N–H and O–H groups in total. The van der Waals surface area contributed by atoms with Crippen LogP contribution < -0.4 is 10.9 Å².